The van der Waals surface area contributed by atoms with Crippen molar-refractivity contribution in [3.05, 3.63) is 65.5 Å². The van der Waals surface area contributed by atoms with Crippen LogP contribution < -0.4 is 0 Å². The molecule has 0 bridgehead atoms. The third-order valence-electron chi connectivity index (χ3n) is 4.43. The van der Waals surface area contributed by atoms with E-state index < -0.39 is 45.0 Å². The van der Waals surface area contributed by atoms with Gasteiger partial charge in [0.15, 0.2) is 4.90 Å². The first-order chi connectivity index (χ1) is 12.3. The molecule has 1 fully saturated rings. The lowest BCUT2D eigenvalue weighted by Crippen LogP contribution is -2.44. The molecular weight excluding hydrogens is 367 g/mol. The number of hydrogen-bond acceptors (Lipinski definition) is 3. The van der Waals surface area contributed by atoms with Crippen LogP contribution in [0.2, 0.25) is 0 Å². The Bertz CT molecular complexity index is 863. The second-order valence-corrected chi connectivity index (χ2v) is 8.15. The maximum absolute atomic E-state index is 14.1. The summed E-state index contributed by atoms with van der Waals surface area (Å²) >= 11 is 0. The summed E-state index contributed by atoms with van der Waals surface area (Å²) in [6, 6.07) is 8.41. The van der Waals surface area contributed by atoms with Gasteiger partial charge in [-0.15, -0.1) is 0 Å². The molecule has 0 aromatic heterocycles. The van der Waals surface area contributed by atoms with Crippen LogP contribution in [0.5, 0.6) is 0 Å². The minimum absolute atomic E-state index is 0.0786. The van der Waals surface area contributed by atoms with Gasteiger partial charge in [-0.2, -0.15) is 4.31 Å². The molecule has 1 aliphatic rings. The van der Waals surface area contributed by atoms with E-state index in [0.29, 0.717) is 17.7 Å². The van der Waals surface area contributed by atoms with Crippen molar-refractivity contribution in [2.75, 3.05) is 6.61 Å². The first kappa shape index (κ1) is 18.9. The van der Waals surface area contributed by atoms with Crippen LogP contribution >= 0.6 is 0 Å². The van der Waals surface area contributed by atoms with Gasteiger partial charge in [0.25, 0.3) is 0 Å². The van der Waals surface area contributed by atoms with Crippen molar-refractivity contribution < 1.29 is 26.7 Å². The fourth-order valence-electron chi connectivity index (χ4n) is 2.99. The molecule has 0 amide bonds. The summed E-state index contributed by atoms with van der Waals surface area (Å²) in [5.41, 5.74) is 0.609. The maximum atomic E-state index is 14.1. The van der Waals surface area contributed by atoms with Crippen molar-refractivity contribution in [2.45, 2.75) is 30.3 Å². The van der Waals surface area contributed by atoms with Gasteiger partial charge in [-0.05, 0) is 24.3 Å². The van der Waals surface area contributed by atoms with Crippen LogP contribution in [0.3, 0.4) is 0 Å². The molecule has 4 nitrogen and oxygen atoms in total. The molecule has 2 aromatic rings. The number of hydrogen-bond donors (Lipinski definition) is 1. The van der Waals surface area contributed by atoms with Gasteiger partial charge in [0.05, 0.1) is 12.6 Å². The Kier molecular flexibility index (Phi) is 5.36. The zero-order valence-corrected chi connectivity index (χ0v) is 14.6. The fraction of sp³-hybridized carbons (Fsp3) is 0.333. The molecule has 0 spiro atoms. The predicted octanol–water partition coefficient (Wildman–Crippen LogP) is 3.07. The van der Waals surface area contributed by atoms with Crippen molar-refractivity contribution in [2.24, 2.45) is 5.92 Å². The van der Waals surface area contributed by atoms with Crippen LogP contribution in [-0.4, -0.2) is 30.5 Å². The van der Waals surface area contributed by atoms with Crippen LogP contribution in [0.25, 0.3) is 0 Å². The van der Waals surface area contributed by atoms with E-state index in [4.69, 9.17) is 0 Å². The topological polar surface area (TPSA) is 57.6 Å². The molecule has 0 radical (unpaired) electrons. The smallest absolute Gasteiger partial charge is 0.249 e. The predicted molar refractivity (Wildman–Crippen MR) is 89.1 cm³/mol. The summed E-state index contributed by atoms with van der Waals surface area (Å²) < 4.78 is 68.4. The number of sulfonamides is 1. The molecule has 1 N–H and O–H groups in total. The molecule has 0 aliphatic heterocycles. The standard InChI is InChI=1S/C18H18F3NO3S/c19-14-8-15(20)18(16(21)9-14)26(24,25)22(17(11-23)13-6-7-13)10-12-4-2-1-3-5-12/h1-5,8-9,13,17,23H,6-7,10-11H2. The lowest BCUT2D eigenvalue weighted by Gasteiger charge is -2.30. The number of halogens is 3. The normalized spacial score (nSPS) is 16.0. The fourth-order valence-corrected chi connectivity index (χ4v) is 4.75. The second-order valence-electron chi connectivity index (χ2n) is 6.32. The van der Waals surface area contributed by atoms with E-state index in [9.17, 15) is 26.7 Å². The number of rotatable bonds is 7. The Labute approximate surface area is 149 Å². The van der Waals surface area contributed by atoms with E-state index in [1.54, 1.807) is 30.3 Å². The summed E-state index contributed by atoms with van der Waals surface area (Å²) in [6.07, 6.45) is 1.45. The van der Waals surface area contributed by atoms with Gasteiger partial charge in [-0.25, -0.2) is 21.6 Å². The zero-order valence-electron chi connectivity index (χ0n) is 13.8. The molecule has 140 valence electrons. The van der Waals surface area contributed by atoms with Crippen LogP contribution in [-0.2, 0) is 16.6 Å². The molecule has 26 heavy (non-hydrogen) atoms. The Hall–Kier alpha value is -1.90. The number of nitrogens with zero attached hydrogens (tertiary/aromatic N) is 1. The van der Waals surface area contributed by atoms with Crippen LogP contribution in [0.4, 0.5) is 13.2 Å². The molecule has 1 saturated carbocycles. The van der Waals surface area contributed by atoms with E-state index in [1.165, 1.54) is 0 Å². The number of aliphatic hydroxyl groups excluding tert-OH is 1. The highest BCUT2D eigenvalue weighted by Gasteiger charge is 2.42. The lowest BCUT2D eigenvalue weighted by atomic mass is 10.1. The molecule has 1 unspecified atom stereocenters. The quantitative estimate of drug-likeness (QED) is 0.797. The van der Waals surface area contributed by atoms with Crippen molar-refractivity contribution >= 4 is 10.0 Å². The molecule has 3 rings (SSSR count). The van der Waals surface area contributed by atoms with Gasteiger partial charge in [0.1, 0.15) is 17.5 Å². The Morgan fingerprint density at radius 2 is 1.65 bits per heavy atom. The molecule has 8 heteroatoms. The number of benzene rings is 2. The van der Waals surface area contributed by atoms with Crippen molar-refractivity contribution in [1.29, 1.82) is 0 Å². The molecule has 0 heterocycles. The third kappa shape index (κ3) is 3.77. The van der Waals surface area contributed by atoms with E-state index in [-0.39, 0.29) is 12.5 Å². The van der Waals surface area contributed by atoms with Crippen LogP contribution in [0.1, 0.15) is 18.4 Å². The Morgan fingerprint density at radius 3 is 2.15 bits per heavy atom. The third-order valence-corrected chi connectivity index (χ3v) is 6.36. The van der Waals surface area contributed by atoms with E-state index in [2.05, 4.69) is 0 Å². The molecule has 1 atom stereocenters. The lowest BCUT2D eigenvalue weighted by molar-refractivity contribution is 0.166. The van der Waals surface area contributed by atoms with Crippen molar-refractivity contribution in [3.8, 4) is 0 Å². The first-order valence-electron chi connectivity index (χ1n) is 8.15. The zero-order chi connectivity index (χ0) is 18.9. The molecule has 1 aliphatic carbocycles. The van der Waals surface area contributed by atoms with Gasteiger partial charge in [-0.3, -0.25) is 0 Å². The average Bonchev–Trinajstić information content (AvgIpc) is 3.39. The largest absolute Gasteiger partial charge is 0.395 e. The van der Waals surface area contributed by atoms with E-state index in [1.807, 2.05) is 0 Å². The minimum atomic E-state index is -4.64. The highest BCUT2D eigenvalue weighted by atomic mass is 32.2. The highest BCUT2D eigenvalue weighted by molar-refractivity contribution is 7.89. The van der Waals surface area contributed by atoms with Crippen LogP contribution in [0, 0.1) is 23.4 Å². The molecular formula is C18H18F3NO3S. The molecule has 0 saturated heterocycles. The Balaban J connectivity index is 2.08. The van der Waals surface area contributed by atoms with Gasteiger partial charge < -0.3 is 5.11 Å². The second kappa shape index (κ2) is 7.38. The number of aliphatic hydroxyl groups is 1. The summed E-state index contributed by atoms with van der Waals surface area (Å²) in [6.45, 7) is -0.623. The highest BCUT2D eigenvalue weighted by Crippen LogP contribution is 2.38. The summed E-state index contributed by atoms with van der Waals surface area (Å²) in [7, 11) is -4.64. The van der Waals surface area contributed by atoms with Gasteiger partial charge >= 0.3 is 0 Å². The monoisotopic (exact) mass is 385 g/mol. The van der Waals surface area contributed by atoms with Crippen LogP contribution in [0.15, 0.2) is 47.4 Å². The SMILES string of the molecule is O=S(=O)(c1c(F)cc(F)cc1F)N(Cc1ccccc1)C(CO)C1CC1. The Morgan fingerprint density at radius 1 is 1.08 bits per heavy atom. The average molecular weight is 385 g/mol. The minimum Gasteiger partial charge on any atom is -0.395 e. The summed E-state index contributed by atoms with van der Waals surface area (Å²) in [5.74, 6) is -4.26. The van der Waals surface area contributed by atoms with Crippen molar-refractivity contribution in [3.63, 3.8) is 0 Å². The molecule has 2 aromatic carbocycles. The summed E-state index contributed by atoms with van der Waals surface area (Å²) in [5, 5.41) is 9.72. The van der Waals surface area contributed by atoms with Gasteiger partial charge in [0, 0.05) is 18.7 Å². The summed E-state index contributed by atoms with van der Waals surface area (Å²) in [4.78, 5) is -1.20. The van der Waals surface area contributed by atoms with E-state index in [0.717, 1.165) is 17.1 Å². The van der Waals surface area contributed by atoms with E-state index >= 15 is 0 Å². The van der Waals surface area contributed by atoms with Crippen molar-refractivity contribution in [1.82, 2.24) is 4.31 Å². The first-order valence-corrected chi connectivity index (χ1v) is 9.59. The maximum Gasteiger partial charge on any atom is 0.249 e. The van der Waals surface area contributed by atoms with Gasteiger partial charge in [0.2, 0.25) is 10.0 Å². The van der Waals surface area contributed by atoms with Gasteiger partial charge in [-0.1, -0.05) is 30.3 Å².